The van der Waals surface area contributed by atoms with E-state index in [2.05, 4.69) is 12.1 Å². The second-order valence-electron chi connectivity index (χ2n) is 4.46. The lowest BCUT2D eigenvalue weighted by Gasteiger charge is -2.00. The molecule has 0 radical (unpaired) electrons. The zero-order valence-electron chi connectivity index (χ0n) is 10.7. The lowest BCUT2D eigenvalue weighted by atomic mass is 10.2. The van der Waals surface area contributed by atoms with Crippen molar-refractivity contribution in [3.8, 4) is 6.07 Å². The van der Waals surface area contributed by atoms with E-state index in [-0.39, 0.29) is 0 Å². The molecule has 0 aliphatic heterocycles. The summed E-state index contributed by atoms with van der Waals surface area (Å²) in [5.41, 5.74) is 3.32. The number of benzene rings is 1. The van der Waals surface area contributed by atoms with E-state index < -0.39 is 0 Å². The molecule has 2 rings (SSSR count). The van der Waals surface area contributed by atoms with Gasteiger partial charge in [-0.3, -0.25) is 0 Å². The second-order valence-corrected chi connectivity index (χ2v) is 4.46. The van der Waals surface area contributed by atoms with Crippen LogP contribution in [-0.2, 0) is 17.9 Å². The molecule has 3 heteroatoms. The number of hydrogen-bond acceptors (Lipinski definition) is 2. The van der Waals surface area contributed by atoms with Gasteiger partial charge in [0.25, 0.3) is 0 Å². The number of hydrogen-bond donors (Lipinski definition) is 0. The molecule has 3 nitrogen and oxygen atoms in total. The Morgan fingerprint density at radius 2 is 2.17 bits per heavy atom. The highest BCUT2D eigenvalue weighted by Gasteiger charge is 2.07. The highest BCUT2D eigenvalue weighted by molar-refractivity contribution is 5.83. The van der Waals surface area contributed by atoms with Gasteiger partial charge in [-0.2, -0.15) is 5.26 Å². The molecule has 1 heterocycles. The van der Waals surface area contributed by atoms with Gasteiger partial charge in [-0.1, -0.05) is 18.2 Å². The number of aromatic nitrogens is 1. The van der Waals surface area contributed by atoms with Crippen LogP contribution in [0, 0.1) is 11.3 Å². The maximum absolute atomic E-state index is 8.83. The number of nitriles is 1. The first-order valence-corrected chi connectivity index (χ1v) is 5.91. The van der Waals surface area contributed by atoms with E-state index in [1.54, 1.807) is 6.26 Å². The fourth-order valence-electron chi connectivity index (χ4n) is 1.94. The van der Waals surface area contributed by atoms with Gasteiger partial charge in [0.05, 0.1) is 12.3 Å². The Bertz CT molecular complexity index is 613. The summed E-state index contributed by atoms with van der Waals surface area (Å²) in [6.07, 6.45) is 3.75. The number of ether oxygens (including phenoxy) is 1. The molecule has 0 aliphatic carbocycles. The second kappa shape index (κ2) is 5.42. The van der Waals surface area contributed by atoms with Crippen LogP contribution in [-0.4, -0.2) is 4.57 Å². The summed E-state index contributed by atoms with van der Waals surface area (Å²) in [7, 11) is 0. The number of rotatable bonds is 4. The Morgan fingerprint density at radius 1 is 1.39 bits per heavy atom. The van der Waals surface area contributed by atoms with E-state index >= 15 is 0 Å². The first-order valence-electron chi connectivity index (χ1n) is 5.91. The maximum atomic E-state index is 8.83. The summed E-state index contributed by atoms with van der Waals surface area (Å²) in [6, 6.07) is 10.2. The molecule has 0 fully saturated rings. The van der Waals surface area contributed by atoms with Crippen LogP contribution < -0.4 is 0 Å². The molecule has 0 unspecified atom stereocenters. The normalized spacial score (nSPS) is 10.1. The Hall–Kier alpha value is -2.21. The van der Waals surface area contributed by atoms with Crippen LogP contribution in [0.15, 0.2) is 42.3 Å². The van der Waals surface area contributed by atoms with Gasteiger partial charge in [0, 0.05) is 22.7 Å². The van der Waals surface area contributed by atoms with Gasteiger partial charge in [-0.25, -0.2) is 0 Å². The maximum Gasteiger partial charge on any atom is 0.114 e. The third-order valence-corrected chi connectivity index (χ3v) is 2.67. The van der Waals surface area contributed by atoms with Gasteiger partial charge in [0.1, 0.15) is 13.2 Å². The lowest BCUT2D eigenvalue weighted by molar-refractivity contribution is 0.234. The first kappa shape index (κ1) is 12.3. The first-order chi connectivity index (χ1) is 8.72. The summed E-state index contributed by atoms with van der Waals surface area (Å²) in [4.78, 5) is 0. The topological polar surface area (TPSA) is 38.0 Å². The van der Waals surface area contributed by atoms with Crippen molar-refractivity contribution in [2.24, 2.45) is 0 Å². The molecular weight excluding hydrogens is 224 g/mol. The van der Waals surface area contributed by atoms with E-state index in [1.807, 2.05) is 42.8 Å². The van der Waals surface area contributed by atoms with Gasteiger partial charge in [-0.15, -0.1) is 0 Å². The minimum Gasteiger partial charge on any atom is -0.497 e. The van der Waals surface area contributed by atoms with Gasteiger partial charge < -0.3 is 9.30 Å². The molecule has 0 saturated carbocycles. The number of nitrogens with zero attached hydrogens (tertiary/aromatic N) is 2. The van der Waals surface area contributed by atoms with Crippen molar-refractivity contribution in [3.63, 3.8) is 0 Å². The quantitative estimate of drug-likeness (QED) is 0.766. The van der Waals surface area contributed by atoms with Crippen molar-refractivity contribution in [2.75, 3.05) is 0 Å². The Kier molecular flexibility index (Phi) is 3.69. The minimum atomic E-state index is 0.364. The molecule has 0 atom stereocenters. The zero-order chi connectivity index (χ0) is 13.0. The summed E-state index contributed by atoms with van der Waals surface area (Å²) in [6.45, 7) is 4.89. The third-order valence-electron chi connectivity index (χ3n) is 2.67. The van der Waals surface area contributed by atoms with Crippen LogP contribution in [0.3, 0.4) is 0 Å². The van der Waals surface area contributed by atoms with Gasteiger partial charge in [-0.05, 0) is 25.5 Å². The average Bonchev–Trinajstić information content (AvgIpc) is 2.69. The molecular formula is C15H16N2O. The third kappa shape index (κ3) is 2.54. The lowest BCUT2D eigenvalue weighted by Crippen LogP contribution is -1.92. The molecule has 0 spiro atoms. The molecule has 0 bridgehead atoms. The van der Waals surface area contributed by atoms with Crippen molar-refractivity contribution < 1.29 is 4.74 Å². The van der Waals surface area contributed by atoms with Crippen LogP contribution in [0.1, 0.15) is 19.4 Å². The molecule has 2 aromatic rings. The highest BCUT2D eigenvalue weighted by atomic mass is 16.5. The van der Waals surface area contributed by atoms with Gasteiger partial charge in [0.2, 0.25) is 0 Å². The van der Waals surface area contributed by atoms with Crippen molar-refractivity contribution >= 4 is 10.9 Å². The molecule has 0 saturated heterocycles. The van der Waals surface area contributed by atoms with E-state index in [4.69, 9.17) is 10.00 Å². The average molecular weight is 240 g/mol. The summed E-state index contributed by atoms with van der Waals surface area (Å²) >= 11 is 0. The Balaban J connectivity index is 2.33. The highest BCUT2D eigenvalue weighted by Crippen LogP contribution is 2.22. The standard InChI is InChI=1S/C15H16N2O/c1-12(2)10-18-11-13-9-17(8-7-16)15-6-4-3-5-14(13)15/h3-6,9-10H,8,11H2,1-2H3. The number of allylic oxidation sites excluding steroid dienone is 1. The molecule has 1 aromatic carbocycles. The van der Waals surface area contributed by atoms with Crippen molar-refractivity contribution in [3.05, 3.63) is 47.9 Å². The molecule has 0 aliphatic rings. The van der Waals surface area contributed by atoms with Crippen molar-refractivity contribution in [2.45, 2.75) is 27.0 Å². The predicted molar refractivity (Wildman–Crippen MR) is 71.8 cm³/mol. The molecule has 0 amide bonds. The Morgan fingerprint density at radius 3 is 2.89 bits per heavy atom. The zero-order valence-corrected chi connectivity index (χ0v) is 10.7. The smallest absolute Gasteiger partial charge is 0.114 e. The monoisotopic (exact) mass is 240 g/mol. The summed E-state index contributed by atoms with van der Waals surface area (Å²) in [5.74, 6) is 0. The van der Waals surface area contributed by atoms with E-state index in [9.17, 15) is 0 Å². The SMILES string of the molecule is CC(C)=COCc1cn(CC#N)c2ccccc12. The molecule has 18 heavy (non-hydrogen) atoms. The number of para-hydroxylation sites is 1. The van der Waals surface area contributed by atoms with Crippen LogP contribution >= 0.6 is 0 Å². The summed E-state index contributed by atoms with van der Waals surface area (Å²) < 4.78 is 7.48. The van der Waals surface area contributed by atoms with Crippen LogP contribution in [0.5, 0.6) is 0 Å². The van der Waals surface area contributed by atoms with Gasteiger partial charge in [0.15, 0.2) is 0 Å². The fourth-order valence-corrected chi connectivity index (χ4v) is 1.94. The molecule has 0 N–H and O–H groups in total. The van der Waals surface area contributed by atoms with E-state index in [0.717, 1.165) is 22.0 Å². The van der Waals surface area contributed by atoms with E-state index in [0.29, 0.717) is 13.2 Å². The molecule has 92 valence electrons. The van der Waals surface area contributed by atoms with Crippen LogP contribution in [0.25, 0.3) is 10.9 Å². The van der Waals surface area contributed by atoms with Crippen LogP contribution in [0.4, 0.5) is 0 Å². The Labute approximate surface area is 107 Å². The number of fused-ring (bicyclic) bond motifs is 1. The largest absolute Gasteiger partial charge is 0.497 e. The van der Waals surface area contributed by atoms with Crippen LogP contribution in [0.2, 0.25) is 0 Å². The molecule has 1 aromatic heterocycles. The van der Waals surface area contributed by atoms with Crippen molar-refractivity contribution in [1.82, 2.24) is 4.57 Å². The van der Waals surface area contributed by atoms with E-state index in [1.165, 1.54) is 0 Å². The minimum absolute atomic E-state index is 0.364. The van der Waals surface area contributed by atoms with Gasteiger partial charge >= 0.3 is 0 Å². The fraction of sp³-hybridized carbons (Fsp3) is 0.267. The predicted octanol–water partition coefficient (Wildman–Crippen LogP) is 3.61. The summed E-state index contributed by atoms with van der Waals surface area (Å²) in [5, 5.41) is 9.97. The van der Waals surface area contributed by atoms with Crippen molar-refractivity contribution in [1.29, 1.82) is 5.26 Å².